The molecule has 2 heterocycles. The summed E-state index contributed by atoms with van der Waals surface area (Å²) in [6, 6.07) is 8.23. The zero-order valence-electron chi connectivity index (χ0n) is 12.7. The van der Waals surface area contributed by atoms with Crippen molar-refractivity contribution >= 4 is 23.5 Å². The first kappa shape index (κ1) is 14.6. The van der Waals surface area contributed by atoms with Crippen molar-refractivity contribution in [2.45, 2.75) is 37.0 Å². The maximum Gasteiger partial charge on any atom is 0.235 e. The fraction of sp³-hybridized carbons (Fsp3) is 0.412. The Kier molecular flexibility index (Phi) is 3.99. The van der Waals surface area contributed by atoms with E-state index in [1.165, 1.54) is 12.8 Å². The van der Waals surface area contributed by atoms with E-state index in [-0.39, 0.29) is 11.2 Å². The number of benzene rings is 1. The Morgan fingerprint density at radius 3 is 3.00 bits per heavy atom. The minimum Gasteiger partial charge on any atom is -0.490 e. The number of carbonyl (C=O) groups excluding carboxylic acids is 1. The highest BCUT2D eigenvalue weighted by Gasteiger charge is 2.26. The first-order valence-electron chi connectivity index (χ1n) is 8.01. The summed E-state index contributed by atoms with van der Waals surface area (Å²) >= 11 is 1.62. The van der Waals surface area contributed by atoms with E-state index in [1.807, 2.05) is 12.1 Å². The molecule has 0 unspecified atom stereocenters. The third-order valence-corrected chi connectivity index (χ3v) is 5.65. The van der Waals surface area contributed by atoms with E-state index in [1.54, 1.807) is 18.0 Å². The number of fused-ring (bicyclic) bond motifs is 1. The van der Waals surface area contributed by atoms with Crippen LogP contribution in [0.3, 0.4) is 0 Å². The molecule has 0 bridgehead atoms. The molecular formula is C17H19N3O2S. The van der Waals surface area contributed by atoms with Crippen LogP contribution in [0.4, 0.5) is 5.82 Å². The van der Waals surface area contributed by atoms with Crippen molar-refractivity contribution in [1.82, 2.24) is 10.2 Å². The number of nitrogens with one attached hydrogen (secondary N) is 2. The number of carbonyl (C=O) groups is 1. The van der Waals surface area contributed by atoms with Gasteiger partial charge in [0.2, 0.25) is 5.91 Å². The minimum absolute atomic E-state index is 0.00126. The lowest BCUT2D eigenvalue weighted by Gasteiger charge is -2.17. The van der Waals surface area contributed by atoms with Gasteiger partial charge in [-0.1, -0.05) is 12.1 Å². The Morgan fingerprint density at radius 2 is 2.13 bits per heavy atom. The molecule has 1 aliphatic carbocycles. The van der Waals surface area contributed by atoms with Crippen LogP contribution in [-0.4, -0.2) is 28.0 Å². The van der Waals surface area contributed by atoms with Crippen molar-refractivity contribution in [3.8, 4) is 5.75 Å². The van der Waals surface area contributed by atoms with Crippen LogP contribution < -0.4 is 10.1 Å². The standard InChI is InChI=1S/C17H19N3O2S/c21-15-10-23-16(14-9-18-20-17(14)19-15)11-4-3-7-13(8-11)22-12-5-1-2-6-12/h3-4,7-9,12,16H,1-2,5-6,10H2,(H2,18,19,20,21)/t16-/m0/s1. The summed E-state index contributed by atoms with van der Waals surface area (Å²) in [5, 5.41) is 9.90. The molecule has 1 atom stereocenters. The third-order valence-electron chi connectivity index (χ3n) is 4.36. The van der Waals surface area contributed by atoms with E-state index >= 15 is 0 Å². The van der Waals surface area contributed by atoms with Crippen molar-refractivity contribution in [3.05, 3.63) is 41.6 Å². The smallest absolute Gasteiger partial charge is 0.235 e. The summed E-state index contributed by atoms with van der Waals surface area (Å²) in [4.78, 5) is 11.8. The Bertz CT molecular complexity index is 709. The van der Waals surface area contributed by atoms with Gasteiger partial charge in [-0.3, -0.25) is 9.89 Å². The Morgan fingerprint density at radius 1 is 1.26 bits per heavy atom. The van der Waals surface area contributed by atoms with E-state index in [4.69, 9.17) is 4.74 Å². The predicted molar refractivity (Wildman–Crippen MR) is 90.8 cm³/mol. The molecule has 6 heteroatoms. The molecule has 120 valence electrons. The highest BCUT2D eigenvalue weighted by Crippen LogP contribution is 2.41. The van der Waals surface area contributed by atoms with Crippen LogP contribution in [0.2, 0.25) is 0 Å². The van der Waals surface area contributed by atoms with Crippen molar-refractivity contribution in [3.63, 3.8) is 0 Å². The zero-order valence-corrected chi connectivity index (χ0v) is 13.6. The second-order valence-electron chi connectivity index (χ2n) is 6.04. The van der Waals surface area contributed by atoms with Crippen molar-refractivity contribution in [1.29, 1.82) is 0 Å². The van der Waals surface area contributed by atoms with E-state index in [0.717, 1.165) is 29.7 Å². The van der Waals surface area contributed by atoms with Crippen LogP contribution in [0, 0.1) is 0 Å². The molecule has 1 aromatic heterocycles. The number of aromatic nitrogens is 2. The average Bonchev–Trinajstić information content (AvgIpc) is 3.18. The summed E-state index contributed by atoms with van der Waals surface area (Å²) in [5.41, 5.74) is 2.16. The largest absolute Gasteiger partial charge is 0.490 e. The van der Waals surface area contributed by atoms with Crippen molar-refractivity contribution < 1.29 is 9.53 Å². The van der Waals surface area contributed by atoms with E-state index in [9.17, 15) is 4.79 Å². The summed E-state index contributed by atoms with van der Waals surface area (Å²) in [6.07, 6.45) is 6.95. The van der Waals surface area contributed by atoms with Crippen LogP contribution in [0.25, 0.3) is 0 Å². The summed E-state index contributed by atoms with van der Waals surface area (Å²) in [7, 11) is 0. The van der Waals surface area contributed by atoms with Gasteiger partial charge in [-0.25, -0.2) is 0 Å². The van der Waals surface area contributed by atoms with E-state index < -0.39 is 0 Å². The lowest BCUT2D eigenvalue weighted by Crippen LogP contribution is -2.12. The summed E-state index contributed by atoms with van der Waals surface area (Å²) in [6.45, 7) is 0. The molecule has 23 heavy (non-hydrogen) atoms. The van der Waals surface area contributed by atoms with Gasteiger partial charge in [-0.05, 0) is 43.4 Å². The quantitative estimate of drug-likeness (QED) is 0.904. The number of rotatable bonds is 3. The van der Waals surface area contributed by atoms with Gasteiger partial charge in [0.15, 0.2) is 0 Å². The van der Waals surface area contributed by atoms with Gasteiger partial charge >= 0.3 is 0 Å². The molecule has 1 aliphatic heterocycles. The third kappa shape index (κ3) is 3.08. The molecule has 2 N–H and O–H groups in total. The molecule has 5 nitrogen and oxygen atoms in total. The van der Waals surface area contributed by atoms with Gasteiger partial charge in [-0.2, -0.15) is 5.10 Å². The normalized spacial score (nSPS) is 21.6. The number of nitrogens with zero attached hydrogens (tertiary/aromatic N) is 1. The second kappa shape index (κ2) is 6.28. The van der Waals surface area contributed by atoms with Gasteiger partial charge in [0, 0.05) is 5.56 Å². The van der Waals surface area contributed by atoms with Crippen LogP contribution in [-0.2, 0) is 4.79 Å². The molecule has 2 aliphatic rings. The molecule has 1 fully saturated rings. The highest BCUT2D eigenvalue weighted by molar-refractivity contribution is 8.00. The first-order chi connectivity index (χ1) is 11.3. The van der Waals surface area contributed by atoms with Crippen molar-refractivity contribution in [2.75, 3.05) is 11.1 Å². The Balaban J connectivity index is 1.61. The minimum atomic E-state index is 0.00126. The van der Waals surface area contributed by atoms with Crippen molar-refractivity contribution in [2.24, 2.45) is 0 Å². The molecule has 2 aromatic rings. The van der Waals surface area contributed by atoms with Gasteiger partial charge in [0.1, 0.15) is 11.6 Å². The number of amides is 1. The number of thioether (sulfide) groups is 1. The fourth-order valence-electron chi connectivity index (χ4n) is 3.24. The van der Waals surface area contributed by atoms with E-state index in [2.05, 4.69) is 27.6 Å². The number of H-pyrrole nitrogens is 1. The zero-order chi connectivity index (χ0) is 15.6. The fourth-order valence-corrected chi connectivity index (χ4v) is 4.33. The summed E-state index contributed by atoms with van der Waals surface area (Å²) in [5.74, 6) is 2.05. The highest BCUT2D eigenvalue weighted by atomic mass is 32.2. The van der Waals surface area contributed by atoms with Gasteiger partial charge in [0.25, 0.3) is 0 Å². The Labute approximate surface area is 139 Å². The number of aromatic amines is 1. The van der Waals surface area contributed by atoms with Crippen LogP contribution in [0.5, 0.6) is 5.75 Å². The van der Waals surface area contributed by atoms with Crippen LogP contribution in [0.1, 0.15) is 42.1 Å². The maximum absolute atomic E-state index is 11.8. The SMILES string of the molecule is O=C1CS[C@@H](c2cccc(OC3CCCC3)c2)c2cn[nH]c2N1. The molecule has 0 saturated heterocycles. The number of anilines is 1. The number of ether oxygens (including phenoxy) is 1. The predicted octanol–water partition coefficient (Wildman–Crippen LogP) is 3.51. The molecule has 0 radical (unpaired) electrons. The second-order valence-corrected chi connectivity index (χ2v) is 7.13. The topological polar surface area (TPSA) is 67.0 Å². The number of hydrogen-bond acceptors (Lipinski definition) is 4. The van der Waals surface area contributed by atoms with Crippen LogP contribution >= 0.6 is 11.8 Å². The Hall–Kier alpha value is -1.95. The lowest BCUT2D eigenvalue weighted by molar-refractivity contribution is -0.113. The molecule has 1 saturated carbocycles. The van der Waals surface area contributed by atoms with E-state index in [0.29, 0.717) is 17.7 Å². The maximum atomic E-state index is 11.8. The van der Waals surface area contributed by atoms with Gasteiger partial charge in [-0.15, -0.1) is 11.8 Å². The molecular weight excluding hydrogens is 310 g/mol. The molecule has 1 aromatic carbocycles. The van der Waals surface area contributed by atoms with Gasteiger partial charge < -0.3 is 10.1 Å². The lowest BCUT2D eigenvalue weighted by atomic mass is 10.1. The van der Waals surface area contributed by atoms with Crippen LogP contribution in [0.15, 0.2) is 30.5 Å². The van der Waals surface area contributed by atoms with Gasteiger partial charge in [0.05, 0.1) is 23.3 Å². The monoisotopic (exact) mass is 329 g/mol. The average molecular weight is 329 g/mol. The summed E-state index contributed by atoms with van der Waals surface area (Å²) < 4.78 is 6.11. The molecule has 4 rings (SSSR count). The first-order valence-corrected chi connectivity index (χ1v) is 9.06. The molecule has 1 amide bonds. The molecule has 0 spiro atoms. The number of hydrogen-bond donors (Lipinski definition) is 2.